The summed E-state index contributed by atoms with van der Waals surface area (Å²) in [5, 5.41) is 8.75. The predicted molar refractivity (Wildman–Crippen MR) is 118 cm³/mol. The van der Waals surface area contributed by atoms with Crippen LogP contribution in [0.15, 0.2) is 29.0 Å². The van der Waals surface area contributed by atoms with E-state index < -0.39 is 23.2 Å². The SMILES string of the molecule is CNC(=O)c1ccc(Nc2ncnc(N3CCC(c4nc(C(C)(C)F)no4)CC3)c2F)c(F)c1. The van der Waals surface area contributed by atoms with E-state index in [0.29, 0.717) is 31.8 Å². The van der Waals surface area contributed by atoms with E-state index in [2.05, 4.69) is 30.7 Å². The molecule has 1 saturated heterocycles. The van der Waals surface area contributed by atoms with Crippen LogP contribution in [0.4, 0.5) is 30.5 Å². The maximum Gasteiger partial charge on any atom is 0.251 e. The summed E-state index contributed by atoms with van der Waals surface area (Å²) in [4.78, 5) is 25.5. The molecule has 1 aliphatic heterocycles. The van der Waals surface area contributed by atoms with Crippen LogP contribution in [0.3, 0.4) is 0 Å². The van der Waals surface area contributed by atoms with Crippen LogP contribution < -0.4 is 15.5 Å². The zero-order valence-corrected chi connectivity index (χ0v) is 18.9. The van der Waals surface area contributed by atoms with E-state index in [1.165, 1.54) is 39.4 Å². The van der Waals surface area contributed by atoms with E-state index in [1.54, 1.807) is 4.90 Å². The minimum absolute atomic E-state index is 0.00178. The van der Waals surface area contributed by atoms with Crippen molar-refractivity contribution in [3.8, 4) is 0 Å². The second kappa shape index (κ2) is 9.27. The van der Waals surface area contributed by atoms with Gasteiger partial charge >= 0.3 is 0 Å². The minimum Gasteiger partial charge on any atom is -0.355 e. The second-order valence-corrected chi connectivity index (χ2v) is 8.45. The molecule has 0 spiro atoms. The van der Waals surface area contributed by atoms with Gasteiger partial charge < -0.3 is 20.1 Å². The Morgan fingerprint density at radius 3 is 2.56 bits per heavy atom. The largest absolute Gasteiger partial charge is 0.355 e. The van der Waals surface area contributed by atoms with Gasteiger partial charge in [0.1, 0.15) is 12.1 Å². The van der Waals surface area contributed by atoms with Crippen LogP contribution in [0.5, 0.6) is 0 Å². The van der Waals surface area contributed by atoms with Gasteiger partial charge in [-0.25, -0.2) is 18.7 Å². The molecular formula is C22H24F3N7O2. The first-order chi connectivity index (χ1) is 16.2. The summed E-state index contributed by atoms with van der Waals surface area (Å²) < 4.78 is 48.9. The molecule has 0 unspecified atom stereocenters. The van der Waals surface area contributed by atoms with Crippen LogP contribution in [-0.4, -0.2) is 46.2 Å². The number of amides is 1. The first-order valence-corrected chi connectivity index (χ1v) is 10.7. The average molecular weight is 475 g/mol. The van der Waals surface area contributed by atoms with Crippen molar-refractivity contribution in [3.05, 3.63) is 53.4 Å². The van der Waals surface area contributed by atoms with Gasteiger partial charge in [0.05, 0.1) is 5.69 Å². The Hall–Kier alpha value is -3.70. The molecule has 0 bridgehead atoms. The average Bonchev–Trinajstić information content (AvgIpc) is 3.32. The lowest BCUT2D eigenvalue weighted by molar-refractivity contribution is 0.0962. The molecule has 2 aromatic heterocycles. The summed E-state index contributed by atoms with van der Waals surface area (Å²) in [5.41, 5.74) is -1.59. The Labute approximate surface area is 193 Å². The lowest BCUT2D eigenvalue weighted by atomic mass is 9.96. The topological polar surface area (TPSA) is 109 Å². The van der Waals surface area contributed by atoms with Gasteiger partial charge in [-0.05, 0) is 44.9 Å². The number of rotatable bonds is 6. The van der Waals surface area contributed by atoms with Gasteiger partial charge in [0.25, 0.3) is 5.91 Å². The third kappa shape index (κ3) is 4.80. The summed E-state index contributed by atoms with van der Waals surface area (Å²) in [7, 11) is 1.44. The molecule has 2 N–H and O–H groups in total. The van der Waals surface area contributed by atoms with Gasteiger partial charge in [-0.1, -0.05) is 5.16 Å². The van der Waals surface area contributed by atoms with Crippen LogP contribution >= 0.6 is 0 Å². The number of nitrogens with one attached hydrogen (secondary N) is 2. The normalized spacial score (nSPS) is 14.8. The van der Waals surface area contributed by atoms with Crippen LogP contribution in [0, 0.1) is 11.6 Å². The Kier molecular flexibility index (Phi) is 6.40. The maximum absolute atomic E-state index is 15.2. The van der Waals surface area contributed by atoms with Crippen molar-refractivity contribution in [2.75, 3.05) is 30.4 Å². The quantitative estimate of drug-likeness (QED) is 0.554. The molecule has 1 amide bonds. The number of piperidine rings is 1. The number of carbonyl (C=O) groups is 1. The van der Waals surface area contributed by atoms with Crippen molar-refractivity contribution in [3.63, 3.8) is 0 Å². The number of anilines is 3. The predicted octanol–water partition coefficient (Wildman–Crippen LogP) is 3.83. The Bertz CT molecular complexity index is 1190. The Morgan fingerprint density at radius 2 is 1.94 bits per heavy atom. The molecule has 1 fully saturated rings. The molecular weight excluding hydrogens is 451 g/mol. The summed E-state index contributed by atoms with van der Waals surface area (Å²) in [6, 6.07) is 3.81. The van der Waals surface area contributed by atoms with Crippen molar-refractivity contribution in [2.24, 2.45) is 0 Å². The number of aromatic nitrogens is 4. The number of carbonyl (C=O) groups excluding carboxylic acids is 1. The van der Waals surface area contributed by atoms with Crippen molar-refractivity contribution in [2.45, 2.75) is 38.3 Å². The van der Waals surface area contributed by atoms with Crippen molar-refractivity contribution in [1.82, 2.24) is 25.4 Å². The molecule has 4 rings (SSSR count). The van der Waals surface area contributed by atoms with Gasteiger partial charge in [0.15, 0.2) is 17.3 Å². The smallest absolute Gasteiger partial charge is 0.251 e. The number of alkyl halides is 1. The van der Waals surface area contributed by atoms with E-state index in [9.17, 15) is 13.6 Å². The maximum atomic E-state index is 15.2. The fourth-order valence-electron chi connectivity index (χ4n) is 3.68. The fraction of sp³-hybridized carbons (Fsp3) is 0.409. The number of halogens is 3. The third-order valence-corrected chi connectivity index (χ3v) is 5.60. The van der Waals surface area contributed by atoms with Gasteiger partial charge in [-0.15, -0.1) is 0 Å². The molecule has 0 aliphatic carbocycles. The number of hydrogen-bond acceptors (Lipinski definition) is 8. The first kappa shape index (κ1) is 23.5. The first-order valence-electron chi connectivity index (χ1n) is 10.7. The standard InChI is InChI=1S/C22H24F3N7O2/c1-22(2,25)21-30-20(34-31-21)12-6-8-32(9-7-12)18-16(24)17(27-11-28-18)29-15-5-4-13(10-14(15)23)19(33)26-3/h4-5,10-12H,6-9H2,1-3H3,(H,26,33)(H,27,28,29). The molecule has 180 valence electrons. The van der Waals surface area contributed by atoms with Gasteiger partial charge in [0, 0.05) is 31.6 Å². The lowest BCUT2D eigenvalue weighted by Gasteiger charge is -2.31. The minimum atomic E-state index is -1.70. The van der Waals surface area contributed by atoms with Gasteiger partial charge in [-0.3, -0.25) is 4.79 Å². The highest BCUT2D eigenvalue weighted by molar-refractivity contribution is 5.94. The zero-order chi connectivity index (χ0) is 24.5. The van der Waals surface area contributed by atoms with E-state index in [-0.39, 0.29) is 34.6 Å². The van der Waals surface area contributed by atoms with Crippen LogP contribution in [0.1, 0.15) is 54.7 Å². The molecule has 1 aromatic carbocycles. The van der Waals surface area contributed by atoms with Crippen LogP contribution in [0.2, 0.25) is 0 Å². The molecule has 0 radical (unpaired) electrons. The monoisotopic (exact) mass is 475 g/mol. The highest BCUT2D eigenvalue weighted by Crippen LogP contribution is 2.33. The van der Waals surface area contributed by atoms with Crippen molar-refractivity contribution >= 4 is 23.2 Å². The summed E-state index contributed by atoms with van der Waals surface area (Å²) in [6.45, 7) is 3.61. The van der Waals surface area contributed by atoms with E-state index in [1.807, 2.05) is 0 Å². The molecule has 12 heteroatoms. The molecule has 3 aromatic rings. The van der Waals surface area contributed by atoms with E-state index >= 15 is 4.39 Å². The molecule has 34 heavy (non-hydrogen) atoms. The number of benzene rings is 1. The van der Waals surface area contributed by atoms with Crippen LogP contribution in [-0.2, 0) is 5.67 Å². The van der Waals surface area contributed by atoms with Crippen molar-refractivity contribution in [1.29, 1.82) is 0 Å². The number of nitrogens with zero attached hydrogens (tertiary/aromatic N) is 5. The van der Waals surface area contributed by atoms with Crippen molar-refractivity contribution < 1.29 is 22.5 Å². The van der Waals surface area contributed by atoms with E-state index in [4.69, 9.17) is 4.52 Å². The summed E-state index contributed by atoms with van der Waals surface area (Å²) >= 11 is 0. The Balaban J connectivity index is 1.46. The molecule has 3 heterocycles. The third-order valence-electron chi connectivity index (χ3n) is 5.60. The highest BCUT2D eigenvalue weighted by Gasteiger charge is 2.31. The fourth-order valence-corrected chi connectivity index (χ4v) is 3.68. The van der Waals surface area contributed by atoms with E-state index in [0.717, 1.165) is 6.07 Å². The lowest BCUT2D eigenvalue weighted by Crippen LogP contribution is -2.34. The number of hydrogen-bond donors (Lipinski definition) is 2. The summed E-state index contributed by atoms with van der Waals surface area (Å²) in [6.07, 6.45) is 2.35. The summed E-state index contributed by atoms with van der Waals surface area (Å²) in [5.74, 6) is -1.71. The molecule has 0 atom stereocenters. The second-order valence-electron chi connectivity index (χ2n) is 8.45. The highest BCUT2D eigenvalue weighted by atomic mass is 19.1. The molecule has 1 aliphatic rings. The van der Waals surface area contributed by atoms with Gasteiger partial charge in [0.2, 0.25) is 17.5 Å². The molecule has 0 saturated carbocycles. The van der Waals surface area contributed by atoms with Gasteiger partial charge in [-0.2, -0.15) is 9.37 Å². The van der Waals surface area contributed by atoms with Crippen LogP contribution in [0.25, 0.3) is 0 Å². The molecule has 9 nitrogen and oxygen atoms in total. The Morgan fingerprint density at radius 1 is 1.21 bits per heavy atom. The zero-order valence-electron chi connectivity index (χ0n) is 18.9.